The van der Waals surface area contributed by atoms with E-state index < -0.39 is 4.92 Å². The third-order valence-electron chi connectivity index (χ3n) is 4.20. The Hall–Kier alpha value is -3.24. The van der Waals surface area contributed by atoms with Crippen LogP contribution in [0.1, 0.15) is 0 Å². The second kappa shape index (κ2) is 7.79. The second-order valence-electron chi connectivity index (χ2n) is 5.92. The van der Waals surface area contributed by atoms with E-state index in [4.69, 9.17) is 21.1 Å². The molecule has 28 heavy (non-hydrogen) atoms. The van der Waals surface area contributed by atoms with Crippen LogP contribution in [0.25, 0.3) is 11.3 Å². The van der Waals surface area contributed by atoms with Crippen LogP contribution < -0.4 is 9.64 Å². The van der Waals surface area contributed by atoms with Gasteiger partial charge in [-0.15, -0.1) is 0 Å². The molecule has 3 aromatic rings. The van der Waals surface area contributed by atoms with E-state index in [0.717, 1.165) is 0 Å². The normalized spacial score (nSPS) is 14.1. The van der Waals surface area contributed by atoms with Crippen molar-refractivity contribution in [1.29, 1.82) is 0 Å². The van der Waals surface area contributed by atoms with Gasteiger partial charge in [-0.1, -0.05) is 11.6 Å². The number of halogens is 1. The van der Waals surface area contributed by atoms with E-state index in [1.165, 1.54) is 6.33 Å². The molecule has 1 aliphatic rings. The molecule has 10 nitrogen and oxygen atoms in total. The van der Waals surface area contributed by atoms with Gasteiger partial charge in [-0.3, -0.25) is 15.2 Å². The van der Waals surface area contributed by atoms with Gasteiger partial charge in [-0.2, -0.15) is 10.1 Å². The lowest BCUT2D eigenvalue weighted by molar-refractivity contribution is -0.385. The highest BCUT2D eigenvalue weighted by molar-refractivity contribution is 6.31. The number of nitrogens with one attached hydrogen (secondary N) is 1. The maximum atomic E-state index is 11.8. The molecule has 0 atom stereocenters. The van der Waals surface area contributed by atoms with Crippen molar-refractivity contribution in [2.24, 2.45) is 0 Å². The Kier molecular flexibility index (Phi) is 5.04. The minimum Gasteiger partial charge on any atom is -0.433 e. The molecule has 0 spiro atoms. The molecule has 1 aliphatic heterocycles. The van der Waals surface area contributed by atoms with Gasteiger partial charge in [-0.05, 0) is 24.3 Å². The van der Waals surface area contributed by atoms with E-state index >= 15 is 0 Å². The number of hydrogen-bond donors (Lipinski definition) is 1. The first kappa shape index (κ1) is 18.1. The van der Waals surface area contributed by atoms with Gasteiger partial charge in [-0.25, -0.2) is 4.98 Å². The molecule has 0 aliphatic carbocycles. The lowest BCUT2D eigenvalue weighted by Crippen LogP contribution is -2.37. The number of rotatable bonds is 5. The molecule has 1 N–H and O–H groups in total. The average molecular weight is 403 g/mol. The largest absolute Gasteiger partial charge is 0.433 e. The monoisotopic (exact) mass is 402 g/mol. The van der Waals surface area contributed by atoms with Crippen molar-refractivity contribution in [3.05, 3.63) is 51.9 Å². The molecular formula is C17H15ClN6O4. The number of nitro groups is 1. The van der Waals surface area contributed by atoms with Crippen molar-refractivity contribution >= 4 is 23.1 Å². The molecule has 3 heterocycles. The lowest BCUT2D eigenvalue weighted by atomic mass is 10.1. The van der Waals surface area contributed by atoms with Crippen molar-refractivity contribution < 1.29 is 14.4 Å². The maximum Gasteiger partial charge on any atom is 0.373 e. The first-order valence-electron chi connectivity index (χ1n) is 8.42. The topological polar surface area (TPSA) is 119 Å². The Morgan fingerprint density at radius 2 is 2.07 bits per heavy atom. The highest BCUT2D eigenvalue weighted by Gasteiger charge is 2.30. The van der Waals surface area contributed by atoms with Gasteiger partial charge in [0.25, 0.3) is 0 Å². The molecule has 1 saturated heterocycles. The smallest absolute Gasteiger partial charge is 0.373 e. The van der Waals surface area contributed by atoms with E-state index in [0.29, 0.717) is 48.3 Å². The fourth-order valence-corrected chi connectivity index (χ4v) is 3.08. The minimum atomic E-state index is -0.536. The molecule has 2 aromatic heterocycles. The SMILES string of the molecule is O=[N+]([O-])c1c(Oc2ccc(Cl)cc2-c2ccn[nH]2)ncnc1N1CCOCC1. The van der Waals surface area contributed by atoms with Crippen molar-refractivity contribution in [1.82, 2.24) is 20.2 Å². The van der Waals surface area contributed by atoms with Crippen LogP contribution in [-0.2, 0) is 4.74 Å². The summed E-state index contributed by atoms with van der Waals surface area (Å²) >= 11 is 6.10. The van der Waals surface area contributed by atoms with E-state index in [1.54, 1.807) is 35.4 Å². The Morgan fingerprint density at radius 1 is 1.25 bits per heavy atom. The predicted molar refractivity (Wildman–Crippen MR) is 101 cm³/mol. The molecule has 0 unspecified atom stereocenters. The molecule has 0 bridgehead atoms. The zero-order valence-electron chi connectivity index (χ0n) is 14.5. The second-order valence-corrected chi connectivity index (χ2v) is 6.36. The summed E-state index contributed by atoms with van der Waals surface area (Å²) in [5.74, 6) is 0.406. The standard InChI is InChI=1S/C17H15ClN6O4/c18-11-1-2-14(12(9-11)13-3-4-21-22-13)28-17-15(24(25)26)16(19-10-20-17)23-5-7-27-8-6-23/h1-4,9-10H,5-8H2,(H,21,22). The highest BCUT2D eigenvalue weighted by atomic mass is 35.5. The number of aromatic amines is 1. The van der Waals surface area contributed by atoms with E-state index in [1.807, 2.05) is 0 Å². The van der Waals surface area contributed by atoms with Crippen molar-refractivity contribution in [3.8, 4) is 22.9 Å². The van der Waals surface area contributed by atoms with E-state index in [2.05, 4.69) is 20.2 Å². The number of hydrogen-bond acceptors (Lipinski definition) is 8. The molecule has 4 rings (SSSR count). The Bertz CT molecular complexity index is 991. The summed E-state index contributed by atoms with van der Waals surface area (Å²) in [6, 6.07) is 6.68. The Morgan fingerprint density at radius 3 is 2.79 bits per heavy atom. The van der Waals surface area contributed by atoms with E-state index in [-0.39, 0.29) is 17.4 Å². The van der Waals surface area contributed by atoms with Crippen LogP contribution in [0.5, 0.6) is 11.6 Å². The summed E-state index contributed by atoms with van der Waals surface area (Å²) in [5, 5.41) is 19.0. The number of anilines is 1. The molecule has 11 heteroatoms. The fourth-order valence-electron chi connectivity index (χ4n) is 2.91. The first-order valence-corrected chi connectivity index (χ1v) is 8.80. The number of morpholine rings is 1. The van der Waals surface area contributed by atoms with Gasteiger partial charge in [0, 0.05) is 29.9 Å². The number of aromatic nitrogens is 4. The number of H-pyrrole nitrogens is 1. The maximum absolute atomic E-state index is 11.8. The van der Waals surface area contributed by atoms with Crippen molar-refractivity contribution in [2.45, 2.75) is 0 Å². The van der Waals surface area contributed by atoms with Gasteiger partial charge in [0.05, 0.1) is 23.8 Å². The minimum absolute atomic E-state index is 0.149. The molecule has 144 valence electrons. The summed E-state index contributed by atoms with van der Waals surface area (Å²) in [5.41, 5.74) is 0.961. The zero-order valence-corrected chi connectivity index (χ0v) is 15.3. The van der Waals surface area contributed by atoms with Crippen LogP contribution in [-0.4, -0.2) is 51.4 Å². The van der Waals surface area contributed by atoms with Crippen LogP contribution in [0, 0.1) is 10.1 Å². The van der Waals surface area contributed by atoms with Crippen molar-refractivity contribution in [2.75, 3.05) is 31.2 Å². The summed E-state index contributed by atoms with van der Waals surface area (Å²) < 4.78 is 11.2. The van der Waals surface area contributed by atoms with Crippen LogP contribution in [0.2, 0.25) is 5.02 Å². The van der Waals surface area contributed by atoms with Gasteiger partial charge in [0.15, 0.2) is 0 Å². The number of ether oxygens (including phenoxy) is 2. The average Bonchev–Trinajstić information content (AvgIpc) is 3.24. The molecular weight excluding hydrogens is 388 g/mol. The summed E-state index contributed by atoms with van der Waals surface area (Å²) in [6.07, 6.45) is 2.84. The first-order chi connectivity index (χ1) is 13.6. The van der Waals surface area contributed by atoms with E-state index in [9.17, 15) is 10.1 Å². The molecule has 0 radical (unpaired) electrons. The van der Waals surface area contributed by atoms with Gasteiger partial charge in [0.2, 0.25) is 5.82 Å². The highest BCUT2D eigenvalue weighted by Crippen LogP contribution is 2.39. The number of nitrogens with zero attached hydrogens (tertiary/aromatic N) is 5. The third kappa shape index (κ3) is 3.59. The molecule has 1 aromatic carbocycles. The van der Waals surface area contributed by atoms with Crippen molar-refractivity contribution in [3.63, 3.8) is 0 Å². The van der Waals surface area contributed by atoms with Crippen LogP contribution in [0.3, 0.4) is 0 Å². The Labute approximate surface area is 164 Å². The van der Waals surface area contributed by atoms with Crippen LogP contribution in [0.4, 0.5) is 11.5 Å². The zero-order chi connectivity index (χ0) is 19.5. The van der Waals surface area contributed by atoms with Gasteiger partial charge >= 0.3 is 11.6 Å². The quantitative estimate of drug-likeness (QED) is 0.510. The van der Waals surface area contributed by atoms with Crippen LogP contribution >= 0.6 is 11.6 Å². The molecule has 0 amide bonds. The number of benzene rings is 1. The van der Waals surface area contributed by atoms with Gasteiger partial charge < -0.3 is 14.4 Å². The summed E-state index contributed by atoms with van der Waals surface area (Å²) in [6.45, 7) is 1.94. The molecule has 1 fully saturated rings. The summed E-state index contributed by atoms with van der Waals surface area (Å²) in [7, 11) is 0. The van der Waals surface area contributed by atoms with Crippen LogP contribution in [0.15, 0.2) is 36.8 Å². The predicted octanol–water partition coefficient (Wildman–Crippen LogP) is 3.06. The molecule has 0 saturated carbocycles. The van der Waals surface area contributed by atoms with Gasteiger partial charge in [0.1, 0.15) is 12.1 Å². The summed E-state index contributed by atoms with van der Waals surface area (Å²) in [4.78, 5) is 21.2. The Balaban J connectivity index is 1.76. The lowest BCUT2D eigenvalue weighted by Gasteiger charge is -2.27. The third-order valence-corrected chi connectivity index (χ3v) is 4.44. The fraction of sp³-hybridized carbons (Fsp3) is 0.235.